The molecule has 0 spiro atoms. The number of halogens is 3. The molecular weight excluding hydrogens is 375 g/mol. The minimum atomic E-state index is -4.64. The van der Waals surface area contributed by atoms with E-state index in [9.17, 15) is 18.0 Å². The van der Waals surface area contributed by atoms with Crippen LogP contribution in [0.2, 0.25) is 0 Å². The van der Waals surface area contributed by atoms with Crippen LogP contribution in [0.15, 0.2) is 30.9 Å². The van der Waals surface area contributed by atoms with E-state index in [1.54, 1.807) is 0 Å². The highest BCUT2D eigenvalue weighted by molar-refractivity contribution is 5.89. The Labute approximate surface area is 159 Å². The predicted molar refractivity (Wildman–Crippen MR) is 94.8 cm³/mol. The van der Waals surface area contributed by atoms with Crippen molar-refractivity contribution >= 4 is 11.7 Å². The number of nitrogens with zero attached hydrogens (tertiary/aromatic N) is 4. The number of rotatable bonds is 5. The molecule has 0 unspecified atom stereocenters. The zero-order chi connectivity index (χ0) is 20.1. The van der Waals surface area contributed by atoms with Gasteiger partial charge in [-0.25, -0.2) is 14.5 Å². The van der Waals surface area contributed by atoms with Crippen LogP contribution in [0.4, 0.5) is 23.7 Å². The Hall–Kier alpha value is -3.06. The zero-order valence-corrected chi connectivity index (χ0v) is 14.8. The van der Waals surface area contributed by atoms with E-state index in [1.807, 2.05) is 0 Å². The van der Waals surface area contributed by atoms with Crippen LogP contribution < -0.4 is 5.32 Å². The van der Waals surface area contributed by atoms with Crippen LogP contribution in [0, 0.1) is 12.3 Å². The fraction of sp³-hybridized carbons (Fsp3) is 0.389. The lowest BCUT2D eigenvalue weighted by Gasteiger charge is -2.24. The molecule has 7 nitrogen and oxygen atoms in total. The molecule has 1 saturated heterocycles. The number of nitrogens with one attached hydrogen (secondary N) is 1. The summed E-state index contributed by atoms with van der Waals surface area (Å²) in [5.41, 5.74) is -1.14. The maximum absolute atomic E-state index is 13.5. The molecule has 1 aromatic carbocycles. The number of carbonyl (C=O) groups is 1. The first-order valence-electron chi connectivity index (χ1n) is 8.55. The molecule has 10 heteroatoms. The van der Waals surface area contributed by atoms with Crippen LogP contribution in [-0.2, 0) is 10.9 Å². The number of aromatic nitrogens is 3. The molecule has 1 N–H and O–H groups in total. The van der Waals surface area contributed by atoms with Crippen molar-refractivity contribution in [3.63, 3.8) is 0 Å². The molecule has 0 aliphatic carbocycles. The molecule has 2 aromatic rings. The Kier molecular flexibility index (Phi) is 5.84. The molecule has 148 valence electrons. The summed E-state index contributed by atoms with van der Waals surface area (Å²) >= 11 is 0. The normalized spacial score (nSPS) is 16.6. The molecular formula is C18H18F3N5O2. The van der Waals surface area contributed by atoms with Crippen molar-refractivity contribution in [2.75, 3.05) is 25.0 Å². The number of hydrogen-bond acceptors (Lipinski definition) is 4. The van der Waals surface area contributed by atoms with Crippen LogP contribution in [0.3, 0.4) is 0 Å². The van der Waals surface area contributed by atoms with Crippen LogP contribution in [0.25, 0.3) is 5.69 Å². The average Bonchev–Trinajstić information content (AvgIpc) is 3.34. The number of alkyl halides is 3. The average molecular weight is 393 g/mol. The molecule has 1 fully saturated rings. The molecule has 1 aliphatic heterocycles. The maximum atomic E-state index is 13.5. The van der Waals surface area contributed by atoms with Gasteiger partial charge in [-0.2, -0.15) is 18.3 Å². The molecule has 0 saturated carbocycles. The van der Waals surface area contributed by atoms with Gasteiger partial charge in [0.15, 0.2) is 0 Å². The Balaban J connectivity index is 1.80. The van der Waals surface area contributed by atoms with Gasteiger partial charge in [0.1, 0.15) is 12.7 Å². The molecule has 3 rings (SSSR count). The van der Waals surface area contributed by atoms with Crippen molar-refractivity contribution in [1.29, 1.82) is 0 Å². The van der Waals surface area contributed by atoms with Gasteiger partial charge in [-0.1, -0.05) is 5.92 Å². The summed E-state index contributed by atoms with van der Waals surface area (Å²) in [5.74, 6) is 2.38. The topological polar surface area (TPSA) is 72.3 Å². The van der Waals surface area contributed by atoms with Gasteiger partial charge in [0.25, 0.3) is 0 Å². The Morgan fingerprint density at radius 2 is 2.29 bits per heavy atom. The van der Waals surface area contributed by atoms with Gasteiger partial charge in [-0.3, -0.25) is 0 Å². The quantitative estimate of drug-likeness (QED) is 0.793. The number of terminal acetylenes is 1. The molecule has 1 atom stereocenters. The zero-order valence-electron chi connectivity index (χ0n) is 14.8. The summed E-state index contributed by atoms with van der Waals surface area (Å²) in [6.07, 6.45) is 4.55. The number of amides is 2. The summed E-state index contributed by atoms with van der Waals surface area (Å²) in [5, 5.41) is 6.21. The van der Waals surface area contributed by atoms with Gasteiger partial charge in [-0.05, 0) is 31.0 Å². The third-order valence-electron chi connectivity index (χ3n) is 4.24. The lowest BCUT2D eigenvalue weighted by Crippen LogP contribution is -2.40. The van der Waals surface area contributed by atoms with Crippen LogP contribution >= 0.6 is 0 Å². The number of anilines is 1. The highest BCUT2D eigenvalue weighted by Gasteiger charge is 2.35. The summed E-state index contributed by atoms with van der Waals surface area (Å²) in [6.45, 7) is 0.920. The van der Waals surface area contributed by atoms with Crippen molar-refractivity contribution in [3.8, 4) is 18.0 Å². The maximum Gasteiger partial charge on any atom is 0.418 e. The van der Waals surface area contributed by atoms with Gasteiger partial charge in [0, 0.05) is 18.8 Å². The second-order valence-corrected chi connectivity index (χ2v) is 6.22. The number of urea groups is 1. The summed E-state index contributed by atoms with van der Waals surface area (Å²) in [6, 6.07) is 2.85. The van der Waals surface area contributed by atoms with Crippen LogP contribution in [0.1, 0.15) is 18.4 Å². The van der Waals surface area contributed by atoms with E-state index >= 15 is 0 Å². The SMILES string of the molecule is C#CCN(C[C@@H]1CCCO1)C(=O)Nc1ccc(-n2cncn2)c(C(F)(F)F)c1. The smallest absolute Gasteiger partial charge is 0.376 e. The van der Waals surface area contributed by atoms with Crippen molar-refractivity contribution in [1.82, 2.24) is 19.7 Å². The first-order valence-corrected chi connectivity index (χ1v) is 8.55. The standard InChI is InChI=1S/C18H18F3N5O2/c1-2-7-25(10-14-4-3-8-28-14)17(27)24-13-5-6-16(26-12-22-11-23-26)15(9-13)18(19,20)21/h1,5-6,9,11-12,14H,3-4,7-8,10H2,(H,24,27)/t14-/m0/s1. The third kappa shape index (κ3) is 4.61. The van der Waals surface area contributed by atoms with Crippen LogP contribution in [-0.4, -0.2) is 51.5 Å². The van der Waals surface area contributed by atoms with Gasteiger partial charge >= 0.3 is 12.2 Å². The highest BCUT2D eigenvalue weighted by atomic mass is 19.4. The van der Waals surface area contributed by atoms with Crippen molar-refractivity contribution < 1.29 is 22.7 Å². The van der Waals surface area contributed by atoms with E-state index in [0.29, 0.717) is 6.61 Å². The number of benzene rings is 1. The lowest BCUT2D eigenvalue weighted by molar-refractivity contribution is -0.137. The second kappa shape index (κ2) is 8.31. The van der Waals surface area contributed by atoms with Crippen molar-refractivity contribution in [3.05, 3.63) is 36.4 Å². The largest absolute Gasteiger partial charge is 0.418 e. The van der Waals surface area contributed by atoms with E-state index in [1.165, 1.54) is 23.4 Å². The van der Waals surface area contributed by atoms with Crippen LogP contribution in [0.5, 0.6) is 0 Å². The predicted octanol–water partition coefficient (Wildman–Crippen LogP) is 2.93. The highest BCUT2D eigenvalue weighted by Crippen LogP contribution is 2.35. The molecule has 28 heavy (non-hydrogen) atoms. The fourth-order valence-corrected chi connectivity index (χ4v) is 2.94. The number of carbonyl (C=O) groups excluding carboxylic acids is 1. The molecule has 0 radical (unpaired) electrons. The Morgan fingerprint density at radius 3 is 2.89 bits per heavy atom. The van der Waals surface area contributed by atoms with Gasteiger partial charge in [0.05, 0.1) is 23.9 Å². The van der Waals surface area contributed by atoms with Crippen molar-refractivity contribution in [2.45, 2.75) is 25.1 Å². The minimum absolute atomic E-state index is 0.00412. The number of ether oxygens (including phenoxy) is 1. The lowest BCUT2D eigenvalue weighted by atomic mass is 10.1. The molecule has 1 aliphatic rings. The van der Waals surface area contributed by atoms with Crippen molar-refractivity contribution in [2.24, 2.45) is 0 Å². The summed E-state index contributed by atoms with van der Waals surface area (Å²) in [7, 11) is 0. The first-order chi connectivity index (χ1) is 13.4. The monoisotopic (exact) mass is 393 g/mol. The Bertz CT molecular complexity index is 855. The fourth-order valence-electron chi connectivity index (χ4n) is 2.94. The molecule has 1 aromatic heterocycles. The third-order valence-corrected chi connectivity index (χ3v) is 4.24. The van der Waals surface area contributed by atoms with Gasteiger partial charge < -0.3 is 15.0 Å². The first kappa shape index (κ1) is 19.7. The minimum Gasteiger partial charge on any atom is -0.376 e. The summed E-state index contributed by atoms with van der Waals surface area (Å²) in [4.78, 5) is 17.5. The van der Waals surface area contributed by atoms with E-state index < -0.39 is 17.8 Å². The van der Waals surface area contributed by atoms with E-state index in [2.05, 4.69) is 21.3 Å². The second-order valence-electron chi connectivity index (χ2n) is 6.22. The van der Waals surface area contributed by atoms with E-state index in [0.717, 1.165) is 29.9 Å². The molecule has 2 heterocycles. The van der Waals surface area contributed by atoms with E-state index in [-0.39, 0.29) is 30.6 Å². The van der Waals surface area contributed by atoms with Gasteiger partial charge in [-0.15, -0.1) is 6.42 Å². The molecule has 2 amide bonds. The Morgan fingerprint density at radius 1 is 1.46 bits per heavy atom. The van der Waals surface area contributed by atoms with Gasteiger partial charge in [0.2, 0.25) is 0 Å². The number of hydrogen-bond donors (Lipinski definition) is 1. The van der Waals surface area contributed by atoms with E-state index in [4.69, 9.17) is 11.2 Å². The summed E-state index contributed by atoms with van der Waals surface area (Å²) < 4.78 is 46.9. The molecule has 0 bridgehead atoms.